The maximum Gasteiger partial charge on any atom is 0.410 e. The van der Waals surface area contributed by atoms with Gasteiger partial charge in [-0.25, -0.2) is 4.79 Å². The van der Waals surface area contributed by atoms with Crippen molar-refractivity contribution in [2.24, 2.45) is 11.8 Å². The Kier molecular flexibility index (Phi) is 5.29. The molecule has 2 aliphatic rings. The highest BCUT2D eigenvalue weighted by Gasteiger charge is 2.46. The van der Waals surface area contributed by atoms with Crippen LogP contribution in [0.2, 0.25) is 0 Å². The van der Waals surface area contributed by atoms with E-state index < -0.39 is 29.5 Å². The summed E-state index contributed by atoms with van der Waals surface area (Å²) in [6.45, 7) is 8.06. The van der Waals surface area contributed by atoms with E-state index in [4.69, 9.17) is 14.2 Å². The van der Waals surface area contributed by atoms with Gasteiger partial charge in [0.2, 0.25) is 0 Å². The number of amides is 1. The largest absolute Gasteiger partial charge is 0.465 e. The van der Waals surface area contributed by atoms with Crippen molar-refractivity contribution in [1.82, 2.24) is 4.90 Å². The van der Waals surface area contributed by atoms with Crippen LogP contribution in [-0.4, -0.2) is 60.8 Å². The molecule has 0 aliphatic carbocycles. The van der Waals surface area contributed by atoms with E-state index in [0.29, 0.717) is 13.0 Å². The van der Waals surface area contributed by atoms with Crippen LogP contribution >= 0.6 is 0 Å². The van der Waals surface area contributed by atoms with Gasteiger partial charge in [-0.2, -0.15) is 0 Å². The molecule has 2 saturated heterocycles. The van der Waals surface area contributed by atoms with E-state index in [0.717, 1.165) is 0 Å². The molecule has 1 amide bonds. The van der Waals surface area contributed by atoms with Gasteiger partial charge in [0.05, 0.1) is 25.2 Å². The first-order chi connectivity index (χ1) is 10.7. The number of likely N-dealkylation sites (tertiary alicyclic amines) is 1. The van der Waals surface area contributed by atoms with Crippen LogP contribution in [0.3, 0.4) is 0 Å². The Morgan fingerprint density at radius 1 is 1.35 bits per heavy atom. The van der Waals surface area contributed by atoms with Crippen LogP contribution in [0.5, 0.6) is 0 Å². The average Bonchev–Trinajstić information content (AvgIpc) is 2.45. The maximum atomic E-state index is 12.6. The van der Waals surface area contributed by atoms with Gasteiger partial charge in [0, 0.05) is 13.1 Å². The Labute approximate surface area is 136 Å². The quantitative estimate of drug-likeness (QED) is 0.563. The molecule has 2 heterocycles. The molecule has 0 bridgehead atoms. The first-order valence-corrected chi connectivity index (χ1v) is 8.03. The van der Waals surface area contributed by atoms with Crippen molar-refractivity contribution in [3.63, 3.8) is 0 Å². The molecule has 0 aromatic heterocycles. The third-order valence-corrected chi connectivity index (χ3v) is 3.96. The number of piperidine rings is 1. The fourth-order valence-electron chi connectivity index (χ4n) is 2.88. The number of Topliss-reactive ketones (excluding diaryl/α,β-unsaturated/α-hetero) is 1. The van der Waals surface area contributed by atoms with E-state index in [2.05, 4.69) is 0 Å². The number of nitrogens with zero attached hydrogens (tertiary/aromatic N) is 1. The standard InChI is InChI=1S/C16H25NO6/c1-5-21-14(19)11-9-22-12-6-7-17(8-10(12)13(11)18)15(20)23-16(2,3)4/h10-12H,5-9H2,1-4H3/t10-,11-,12+/m1/s1. The predicted octanol–water partition coefficient (Wildman–Crippen LogP) is 1.39. The molecule has 130 valence electrons. The minimum absolute atomic E-state index is 0.0608. The van der Waals surface area contributed by atoms with Crippen molar-refractivity contribution in [1.29, 1.82) is 0 Å². The third-order valence-electron chi connectivity index (χ3n) is 3.96. The average molecular weight is 327 g/mol. The summed E-state index contributed by atoms with van der Waals surface area (Å²) in [5.41, 5.74) is -0.589. The van der Waals surface area contributed by atoms with Gasteiger partial charge in [-0.05, 0) is 34.1 Å². The first-order valence-electron chi connectivity index (χ1n) is 8.03. The van der Waals surface area contributed by atoms with Crippen LogP contribution in [0.1, 0.15) is 34.1 Å². The molecule has 0 aromatic rings. The SMILES string of the molecule is CCOC(=O)[C@@H]1CO[C@H]2CCN(C(=O)OC(C)(C)C)C[C@H]2C1=O. The number of carbonyl (C=O) groups is 3. The molecule has 0 radical (unpaired) electrons. The summed E-state index contributed by atoms with van der Waals surface area (Å²) >= 11 is 0. The summed E-state index contributed by atoms with van der Waals surface area (Å²) in [6, 6.07) is 0. The second-order valence-electron chi connectivity index (χ2n) is 6.90. The van der Waals surface area contributed by atoms with Crippen molar-refractivity contribution in [3.05, 3.63) is 0 Å². The summed E-state index contributed by atoms with van der Waals surface area (Å²) in [5, 5.41) is 0. The number of esters is 1. The highest BCUT2D eigenvalue weighted by Crippen LogP contribution is 2.30. The van der Waals surface area contributed by atoms with E-state index in [9.17, 15) is 14.4 Å². The zero-order valence-corrected chi connectivity index (χ0v) is 14.2. The monoisotopic (exact) mass is 327 g/mol. The number of rotatable bonds is 2. The second-order valence-corrected chi connectivity index (χ2v) is 6.90. The van der Waals surface area contributed by atoms with Gasteiger partial charge in [0.15, 0.2) is 5.78 Å². The Hall–Kier alpha value is -1.63. The molecule has 0 saturated carbocycles. The molecule has 2 aliphatic heterocycles. The lowest BCUT2D eigenvalue weighted by Crippen LogP contribution is -2.56. The summed E-state index contributed by atoms with van der Waals surface area (Å²) in [4.78, 5) is 38.1. The van der Waals surface area contributed by atoms with Gasteiger partial charge in [-0.1, -0.05) is 0 Å². The minimum atomic E-state index is -0.894. The molecular weight excluding hydrogens is 302 g/mol. The summed E-state index contributed by atoms with van der Waals surface area (Å²) in [6.07, 6.45) is -0.126. The molecule has 0 aromatic carbocycles. The van der Waals surface area contributed by atoms with Crippen LogP contribution in [0.25, 0.3) is 0 Å². The fourth-order valence-corrected chi connectivity index (χ4v) is 2.88. The lowest BCUT2D eigenvalue weighted by Gasteiger charge is -2.41. The summed E-state index contributed by atoms with van der Waals surface area (Å²) < 4.78 is 15.9. The summed E-state index contributed by atoms with van der Waals surface area (Å²) in [7, 11) is 0. The van der Waals surface area contributed by atoms with E-state index in [1.165, 1.54) is 4.90 Å². The molecule has 3 atom stereocenters. The lowest BCUT2D eigenvalue weighted by atomic mass is 9.82. The molecular formula is C16H25NO6. The van der Waals surface area contributed by atoms with E-state index in [-0.39, 0.29) is 31.6 Å². The van der Waals surface area contributed by atoms with Gasteiger partial charge in [0.25, 0.3) is 0 Å². The molecule has 0 unspecified atom stereocenters. The number of carbonyl (C=O) groups excluding carboxylic acids is 3. The van der Waals surface area contributed by atoms with Crippen LogP contribution in [-0.2, 0) is 23.8 Å². The van der Waals surface area contributed by atoms with Crippen molar-refractivity contribution < 1.29 is 28.6 Å². The zero-order chi connectivity index (χ0) is 17.2. The number of ketones is 1. The highest BCUT2D eigenvalue weighted by atomic mass is 16.6. The van der Waals surface area contributed by atoms with Crippen molar-refractivity contribution in [2.45, 2.75) is 45.8 Å². The van der Waals surface area contributed by atoms with Gasteiger partial charge < -0.3 is 19.1 Å². The van der Waals surface area contributed by atoms with Crippen LogP contribution in [0.15, 0.2) is 0 Å². The molecule has 2 rings (SSSR count). The second kappa shape index (κ2) is 6.86. The van der Waals surface area contributed by atoms with Gasteiger partial charge in [0.1, 0.15) is 11.5 Å². The number of ether oxygens (including phenoxy) is 3. The van der Waals surface area contributed by atoms with E-state index in [1.807, 2.05) is 0 Å². The Balaban J connectivity index is 2.03. The first kappa shape index (κ1) is 17.7. The fraction of sp³-hybridized carbons (Fsp3) is 0.812. The van der Waals surface area contributed by atoms with Gasteiger partial charge >= 0.3 is 12.1 Å². The number of hydrogen-bond donors (Lipinski definition) is 0. The highest BCUT2D eigenvalue weighted by molar-refractivity contribution is 6.01. The molecule has 0 spiro atoms. The smallest absolute Gasteiger partial charge is 0.410 e. The Morgan fingerprint density at radius 3 is 2.65 bits per heavy atom. The van der Waals surface area contributed by atoms with E-state index in [1.54, 1.807) is 27.7 Å². The maximum absolute atomic E-state index is 12.6. The van der Waals surface area contributed by atoms with Crippen molar-refractivity contribution >= 4 is 17.8 Å². The molecule has 7 heteroatoms. The molecule has 2 fully saturated rings. The van der Waals surface area contributed by atoms with Crippen molar-refractivity contribution in [2.75, 3.05) is 26.3 Å². The van der Waals surface area contributed by atoms with Crippen LogP contribution in [0.4, 0.5) is 4.79 Å². The normalized spacial score (nSPS) is 28.1. The summed E-state index contributed by atoms with van der Waals surface area (Å²) in [5.74, 6) is -2.15. The molecule has 0 N–H and O–H groups in total. The van der Waals surface area contributed by atoms with Gasteiger partial charge in [-0.3, -0.25) is 9.59 Å². The molecule has 7 nitrogen and oxygen atoms in total. The minimum Gasteiger partial charge on any atom is -0.465 e. The van der Waals surface area contributed by atoms with Gasteiger partial charge in [-0.15, -0.1) is 0 Å². The zero-order valence-electron chi connectivity index (χ0n) is 14.2. The predicted molar refractivity (Wildman–Crippen MR) is 80.8 cm³/mol. The van der Waals surface area contributed by atoms with Crippen LogP contribution in [0, 0.1) is 11.8 Å². The van der Waals surface area contributed by atoms with Crippen LogP contribution < -0.4 is 0 Å². The lowest BCUT2D eigenvalue weighted by molar-refractivity contribution is -0.168. The molecule has 23 heavy (non-hydrogen) atoms. The van der Waals surface area contributed by atoms with Crippen molar-refractivity contribution in [3.8, 4) is 0 Å². The Morgan fingerprint density at radius 2 is 2.04 bits per heavy atom. The Bertz CT molecular complexity index is 483. The topological polar surface area (TPSA) is 82.1 Å². The number of hydrogen-bond acceptors (Lipinski definition) is 6. The third kappa shape index (κ3) is 4.22. The number of fused-ring (bicyclic) bond motifs is 1. The van der Waals surface area contributed by atoms with E-state index >= 15 is 0 Å².